The van der Waals surface area contributed by atoms with Gasteiger partial charge in [-0.25, -0.2) is 9.48 Å². The molecule has 0 atom stereocenters. The van der Waals surface area contributed by atoms with Crippen LogP contribution in [0.25, 0.3) is 0 Å². The molecule has 1 aromatic heterocycles. The molecule has 2 aromatic rings. The molecule has 1 heterocycles. The van der Waals surface area contributed by atoms with Crippen LogP contribution in [-0.2, 0) is 6.54 Å². The molecular weight excluding hydrogens is 294 g/mol. The normalized spacial score (nSPS) is 14.5. The highest BCUT2D eigenvalue weighted by atomic mass is 16.5. The predicted octanol–water partition coefficient (Wildman–Crippen LogP) is 3.02. The molecule has 1 aromatic carbocycles. The Bertz CT molecular complexity index is 675. The molecule has 0 bridgehead atoms. The van der Waals surface area contributed by atoms with Crippen LogP contribution in [0.5, 0.6) is 5.75 Å². The van der Waals surface area contributed by atoms with Crippen molar-refractivity contribution in [3.05, 3.63) is 41.2 Å². The average molecular weight is 315 g/mol. The van der Waals surface area contributed by atoms with Gasteiger partial charge in [-0.1, -0.05) is 29.3 Å². The van der Waals surface area contributed by atoms with Crippen LogP contribution in [-0.4, -0.2) is 32.7 Å². The third-order valence-corrected chi connectivity index (χ3v) is 4.27. The van der Waals surface area contributed by atoms with Crippen LogP contribution >= 0.6 is 0 Å². The summed E-state index contributed by atoms with van der Waals surface area (Å²) in [5.41, 5.74) is 2.08. The number of hydrogen-bond acceptors (Lipinski definition) is 4. The van der Waals surface area contributed by atoms with Gasteiger partial charge in [0.05, 0.1) is 12.3 Å². The smallest absolute Gasteiger partial charge is 0.358 e. The van der Waals surface area contributed by atoms with Crippen LogP contribution in [0.1, 0.15) is 53.3 Å². The molecule has 0 unspecified atom stereocenters. The standard InChI is InChI=1S/C17H21N3O3/c1-12-6-8-14(9-7-12)23-11-3-10-20-16(13-4-2-5-13)15(17(21)22)18-19-20/h6-9,13H,2-5,10-11H2,1H3,(H,21,22). The number of nitrogens with zero attached hydrogens (tertiary/aromatic N) is 3. The van der Waals surface area contributed by atoms with E-state index >= 15 is 0 Å². The van der Waals surface area contributed by atoms with Crippen molar-refractivity contribution in [2.24, 2.45) is 0 Å². The fraction of sp³-hybridized carbons (Fsp3) is 0.471. The highest BCUT2D eigenvalue weighted by molar-refractivity contribution is 5.86. The van der Waals surface area contributed by atoms with Gasteiger partial charge in [-0.3, -0.25) is 0 Å². The molecule has 0 spiro atoms. The van der Waals surface area contributed by atoms with Crippen molar-refractivity contribution < 1.29 is 14.6 Å². The molecule has 1 fully saturated rings. The minimum absolute atomic E-state index is 0.106. The zero-order valence-corrected chi connectivity index (χ0v) is 13.2. The number of carboxylic acid groups (broad SMARTS) is 1. The lowest BCUT2D eigenvalue weighted by Crippen LogP contribution is -2.19. The molecule has 0 aliphatic heterocycles. The number of benzene rings is 1. The van der Waals surface area contributed by atoms with Crippen molar-refractivity contribution in [2.75, 3.05) is 6.61 Å². The topological polar surface area (TPSA) is 77.2 Å². The van der Waals surface area contributed by atoms with E-state index in [4.69, 9.17) is 4.74 Å². The quantitative estimate of drug-likeness (QED) is 0.795. The van der Waals surface area contributed by atoms with Gasteiger partial charge in [0, 0.05) is 18.9 Å². The maximum atomic E-state index is 11.3. The Labute approximate surface area is 135 Å². The lowest BCUT2D eigenvalue weighted by Gasteiger charge is -2.26. The molecule has 1 aliphatic rings. The first kappa shape index (κ1) is 15.5. The number of ether oxygens (including phenoxy) is 1. The van der Waals surface area contributed by atoms with Gasteiger partial charge in [0.15, 0.2) is 5.69 Å². The number of carboxylic acids is 1. The van der Waals surface area contributed by atoms with Gasteiger partial charge in [-0.05, 0) is 31.9 Å². The highest BCUT2D eigenvalue weighted by Gasteiger charge is 2.30. The van der Waals surface area contributed by atoms with Crippen LogP contribution in [0.4, 0.5) is 0 Å². The number of carbonyl (C=O) groups is 1. The first-order chi connectivity index (χ1) is 11.1. The molecular formula is C17H21N3O3. The molecule has 23 heavy (non-hydrogen) atoms. The monoisotopic (exact) mass is 315 g/mol. The van der Waals surface area contributed by atoms with Gasteiger partial charge in [0.25, 0.3) is 0 Å². The van der Waals surface area contributed by atoms with Crippen LogP contribution in [0.15, 0.2) is 24.3 Å². The zero-order chi connectivity index (χ0) is 16.2. The number of aromatic nitrogens is 3. The fourth-order valence-electron chi connectivity index (χ4n) is 2.76. The minimum Gasteiger partial charge on any atom is -0.494 e. The van der Waals surface area contributed by atoms with Crippen LogP contribution in [0, 0.1) is 6.92 Å². The third kappa shape index (κ3) is 3.52. The number of hydrogen-bond donors (Lipinski definition) is 1. The Kier molecular flexibility index (Phi) is 4.60. The second-order valence-electron chi connectivity index (χ2n) is 5.99. The van der Waals surface area contributed by atoms with Crippen LogP contribution in [0.3, 0.4) is 0 Å². The van der Waals surface area contributed by atoms with E-state index in [1.807, 2.05) is 31.2 Å². The summed E-state index contributed by atoms with van der Waals surface area (Å²) in [7, 11) is 0. The molecule has 0 amide bonds. The molecule has 0 saturated heterocycles. The highest BCUT2D eigenvalue weighted by Crippen LogP contribution is 2.37. The van der Waals surface area contributed by atoms with Gasteiger partial charge in [-0.15, -0.1) is 5.10 Å². The van der Waals surface area contributed by atoms with Gasteiger partial charge in [0.2, 0.25) is 0 Å². The van der Waals surface area contributed by atoms with E-state index in [0.29, 0.717) is 13.2 Å². The summed E-state index contributed by atoms with van der Waals surface area (Å²) in [6, 6.07) is 7.93. The molecule has 6 nitrogen and oxygen atoms in total. The Hall–Kier alpha value is -2.37. The van der Waals surface area contributed by atoms with E-state index in [1.54, 1.807) is 4.68 Å². The summed E-state index contributed by atoms with van der Waals surface area (Å²) in [5, 5.41) is 17.1. The maximum absolute atomic E-state index is 11.3. The van der Waals surface area contributed by atoms with E-state index in [9.17, 15) is 9.90 Å². The second kappa shape index (κ2) is 6.81. The van der Waals surface area contributed by atoms with Crippen molar-refractivity contribution >= 4 is 5.97 Å². The summed E-state index contributed by atoms with van der Waals surface area (Å²) in [5.74, 6) is 0.141. The molecule has 6 heteroatoms. The van der Waals surface area contributed by atoms with Crippen LogP contribution in [0.2, 0.25) is 0 Å². The fourth-order valence-corrected chi connectivity index (χ4v) is 2.76. The van der Waals surface area contributed by atoms with E-state index < -0.39 is 5.97 Å². The number of rotatable bonds is 7. The van der Waals surface area contributed by atoms with Crippen LogP contribution < -0.4 is 4.74 Å². The van der Waals surface area contributed by atoms with Crippen molar-refractivity contribution in [1.29, 1.82) is 0 Å². The largest absolute Gasteiger partial charge is 0.494 e. The molecule has 0 radical (unpaired) electrons. The van der Waals surface area contributed by atoms with Crippen molar-refractivity contribution in [3.63, 3.8) is 0 Å². The minimum atomic E-state index is -0.992. The predicted molar refractivity (Wildman–Crippen MR) is 84.9 cm³/mol. The first-order valence-corrected chi connectivity index (χ1v) is 8.01. The Morgan fingerprint density at radius 3 is 2.70 bits per heavy atom. The Balaban J connectivity index is 1.57. The lowest BCUT2D eigenvalue weighted by molar-refractivity contribution is 0.0687. The molecule has 3 rings (SSSR count). The summed E-state index contributed by atoms with van der Waals surface area (Å²) in [4.78, 5) is 11.3. The summed E-state index contributed by atoms with van der Waals surface area (Å²) >= 11 is 0. The van der Waals surface area contributed by atoms with E-state index in [-0.39, 0.29) is 11.6 Å². The second-order valence-corrected chi connectivity index (χ2v) is 5.99. The van der Waals surface area contributed by atoms with E-state index in [0.717, 1.165) is 37.1 Å². The number of aromatic carboxylic acids is 1. The van der Waals surface area contributed by atoms with E-state index in [1.165, 1.54) is 5.56 Å². The Morgan fingerprint density at radius 2 is 2.09 bits per heavy atom. The molecule has 1 N–H and O–H groups in total. The zero-order valence-electron chi connectivity index (χ0n) is 13.2. The maximum Gasteiger partial charge on any atom is 0.358 e. The van der Waals surface area contributed by atoms with Gasteiger partial charge < -0.3 is 9.84 Å². The summed E-state index contributed by atoms with van der Waals surface area (Å²) < 4.78 is 7.44. The van der Waals surface area contributed by atoms with E-state index in [2.05, 4.69) is 10.3 Å². The summed E-state index contributed by atoms with van der Waals surface area (Å²) in [6.07, 6.45) is 3.95. The molecule has 1 saturated carbocycles. The first-order valence-electron chi connectivity index (χ1n) is 8.01. The van der Waals surface area contributed by atoms with Gasteiger partial charge >= 0.3 is 5.97 Å². The average Bonchev–Trinajstić information content (AvgIpc) is 2.88. The Morgan fingerprint density at radius 1 is 1.35 bits per heavy atom. The lowest BCUT2D eigenvalue weighted by atomic mass is 9.82. The van der Waals surface area contributed by atoms with Crippen molar-refractivity contribution in [3.8, 4) is 5.75 Å². The summed E-state index contributed by atoms with van der Waals surface area (Å²) in [6.45, 7) is 3.23. The molecule has 1 aliphatic carbocycles. The molecule has 122 valence electrons. The number of aryl methyl sites for hydroxylation is 2. The SMILES string of the molecule is Cc1ccc(OCCCn2nnc(C(=O)O)c2C2CCC2)cc1. The van der Waals surface area contributed by atoms with Gasteiger partial charge in [-0.2, -0.15) is 0 Å². The van der Waals surface area contributed by atoms with Crippen molar-refractivity contribution in [1.82, 2.24) is 15.0 Å². The third-order valence-electron chi connectivity index (χ3n) is 4.27. The van der Waals surface area contributed by atoms with Crippen molar-refractivity contribution in [2.45, 2.75) is 45.1 Å². The van der Waals surface area contributed by atoms with Gasteiger partial charge in [0.1, 0.15) is 5.75 Å².